The predicted molar refractivity (Wildman–Crippen MR) is 60.0 cm³/mol. The lowest BCUT2D eigenvalue weighted by atomic mass is 10.1. The molecular formula is C11H9BrO3. The van der Waals surface area contributed by atoms with Gasteiger partial charge in [0.15, 0.2) is 11.5 Å². The monoisotopic (exact) mass is 268 g/mol. The molecule has 0 aliphatic carbocycles. The second-order valence-electron chi connectivity index (χ2n) is 3.21. The summed E-state index contributed by atoms with van der Waals surface area (Å²) in [5.74, 6) is 0.354. The Morgan fingerprint density at radius 1 is 1.33 bits per heavy atom. The van der Waals surface area contributed by atoms with Gasteiger partial charge >= 0.3 is 5.82 Å². The maximum atomic E-state index is 11.0. The molecule has 1 aromatic carbocycles. The topological polar surface area (TPSA) is 43.4 Å². The van der Waals surface area contributed by atoms with Crippen LogP contribution in [-0.2, 0) is 5.33 Å². The highest BCUT2D eigenvalue weighted by atomic mass is 79.9. The second-order valence-corrected chi connectivity index (χ2v) is 3.77. The number of aryl methyl sites for hydroxylation is 1. The van der Waals surface area contributed by atoms with Crippen LogP contribution in [-0.4, -0.2) is 0 Å². The maximum Gasteiger partial charge on any atom is 0.519 e. The number of alkyl halides is 1. The number of halogens is 1. The maximum absolute atomic E-state index is 11.0. The van der Waals surface area contributed by atoms with Crippen molar-refractivity contribution in [1.29, 1.82) is 0 Å². The first-order chi connectivity index (χ1) is 7.20. The molecule has 0 fully saturated rings. The van der Waals surface area contributed by atoms with Crippen molar-refractivity contribution in [3.8, 4) is 11.3 Å². The van der Waals surface area contributed by atoms with E-state index in [9.17, 15) is 4.79 Å². The summed E-state index contributed by atoms with van der Waals surface area (Å²) in [5, 5.41) is 0.460. The zero-order chi connectivity index (χ0) is 10.8. The Kier molecular flexibility index (Phi) is 2.77. The van der Waals surface area contributed by atoms with E-state index in [0.717, 1.165) is 11.1 Å². The van der Waals surface area contributed by atoms with E-state index in [4.69, 9.17) is 8.83 Å². The van der Waals surface area contributed by atoms with Crippen molar-refractivity contribution in [2.75, 3.05) is 0 Å². The van der Waals surface area contributed by atoms with E-state index in [1.807, 2.05) is 31.2 Å². The molecule has 4 heteroatoms. The van der Waals surface area contributed by atoms with Crippen LogP contribution in [0.15, 0.2) is 37.9 Å². The van der Waals surface area contributed by atoms with Crippen molar-refractivity contribution in [3.63, 3.8) is 0 Å². The lowest BCUT2D eigenvalue weighted by molar-refractivity contribution is 0.381. The summed E-state index contributed by atoms with van der Waals surface area (Å²) >= 11 is 3.24. The standard InChI is InChI=1S/C11H9BrO3/c1-7-3-2-4-8(5-7)10-9(6-12)14-11(13)15-10/h2-5H,6H2,1H3. The van der Waals surface area contributed by atoms with Crippen molar-refractivity contribution >= 4 is 15.9 Å². The van der Waals surface area contributed by atoms with Gasteiger partial charge in [0, 0.05) is 5.56 Å². The van der Waals surface area contributed by atoms with Gasteiger partial charge in [-0.2, -0.15) is 0 Å². The first kappa shape index (κ1) is 10.2. The summed E-state index contributed by atoms with van der Waals surface area (Å²) in [4.78, 5) is 11.0. The molecule has 0 unspecified atom stereocenters. The minimum absolute atomic E-state index is 0.460. The quantitative estimate of drug-likeness (QED) is 0.787. The van der Waals surface area contributed by atoms with Gasteiger partial charge in [0.25, 0.3) is 0 Å². The van der Waals surface area contributed by atoms with Crippen LogP contribution in [0.4, 0.5) is 0 Å². The van der Waals surface area contributed by atoms with E-state index in [2.05, 4.69) is 15.9 Å². The number of hydrogen-bond acceptors (Lipinski definition) is 3. The highest BCUT2D eigenvalue weighted by Crippen LogP contribution is 2.25. The molecule has 0 aliphatic rings. The third-order valence-electron chi connectivity index (χ3n) is 2.05. The summed E-state index contributed by atoms with van der Waals surface area (Å²) < 4.78 is 9.88. The molecule has 0 amide bonds. The normalized spacial score (nSPS) is 10.5. The van der Waals surface area contributed by atoms with Crippen molar-refractivity contribution in [2.24, 2.45) is 0 Å². The average Bonchev–Trinajstić information content (AvgIpc) is 2.59. The number of rotatable bonds is 2. The van der Waals surface area contributed by atoms with Crippen LogP contribution in [0.3, 0.4) is 0 Å². The number of benzene rings is 1. The Hall–Kier alpha value is -1.29. The molecule has 0 saturated carbocycles. The lowest BCUT2D eigenvalue weighted by Gasteiger charge is -1.98. The lowest BCUT2D eigenvalue weighted by Crippen LogP contribution is -1.85. The van der Waals surface area contributed by atoms with Crippen LogP contribution in [0.1, 0.15) is 11.3 Å². The minimum Gasteiger partial charge on any atom is -0.394 e. The molecule has 0 aliphatic heterocycles. The smallest absolute Gasteiger partial charge is 0.394 e. The molecule has 3 nitrogen and oxygen atoms in total. The molecule has 1 heterocycles. The molecule has 0 radical (unpaired) electrons. The summed E-state index contributed by atoms with van der Waals surface area (Å²) in [6.45, 7) is 1.98. The van der Waals surface area contributed by atoms with Crippen molar-refractivity contribution < 1.29 is 8.83 Å². The van der Waals surface area contributed by atoms with Crippen LogP contribution in [0.25, 0.3) is 11.3 Å². The van der Waals surface area contributed by atoms with Crippen molar-refractivity contribution in [1.82, 2.24) is 0 Å². The van der Waals surface area contributed by atoms with Gasteiger partial charge in [0.1, 0.15) is 0 Å². The van der Waals surface area contributed by atoms with Crippen LogP contribution >= 0.6 is 15.9 Å². The Bertz CT molecular complexity index is 525. The molecule has 2 rings (SSSR count). The highest BCUT2D eigenvalue weighted by Gasteiger charge is 2.13. The summed E-state index contributed by atoms with van der Waals surface area (Å²) in [6, 6.07) is 7.72. The predicted octanol–water partition coefficient (Wildman–Crippen LogP) is 3.10. The molecule has 15 heavy (non-hydrogen) atoms. The fourth-order valence-electron chi connectivity index (χ4n) is 1.40. The third kappa shape index (κ3) is 2.04. The van der Waals surface area contributed by atoms with Crippen molar-refractivity contribution in [3.05, 3.63) is 46.2 Å². The Balaban J connectivity index is 2.57. The number of hydrogen-bond donors (Lipinski definition) is 0. The third-order valence-corrected chi connectivity index (χ3v) is 2.56. The molecule has 0 atom stereocenters. The van der Waals surface area contributed by atoms with E-state index in [1.54, 1.807) is 0 Å². The molecule has 2 aromatic rings. The van der Waals surface area contributed by atoms with Crippen LogP contribution in [0, 0.1) is 6.92 Å². The largest absolute Gasteiger partial charge is 0.519 e. The van der Waals surface area contributed by atoms with E-state index in [-0.39, 0.29) is 0 Å². The fourth-order valence-corrected chi connectivity index (χ4v) is 1.77. The van der Waals surface area contributed by atoms with Crippen LogP contribution in [0.5, 0.6) is 0 Å². The van der Waals surface area contributed by atoms with E-state index in [0.29, 0.717) is 16.9 Å². The fraction of sp³-hybridized carbons (Fsp3) is 0.182. The molecular weight excluding hydrogens is 260 g/mol. The molecule has 0 spiro atoms. The first-order valence-corrected chi connectivity index (χ1v) is 5.58. The molecule has 1 aromatic heterocycles. The van der Waals surface area contributed by atoms with Crippen LogP contribution < -0.4 is 5.82 Å². The molecule has 0 N–H and O–H groups in total. The van der Waals surface area contributed by atoms with E-state index >= 15 is 0 Å². The molecule has 0 saturated heterocycles. The van der Waals surface area contributed by atoms with Gasteiger partial charge in [-0.3, -0.25) is 0 Å². The average molecular weight is 269 g/mol. The first-order valence-electron chi connectivity index (χ1n) is 4.46. The van der Waals surface area contributed by atoms with Gasteiger partial charge in [-0.1, -0.05) is 39.7 Å². The van der Waals surface area contributed by atoms with E-state index < -0.39 is 5.82 Å². The summed E-state index contributed by atoms with van der Waals surface area (Å²) in [6.07, 6.45) is 0. The Morgan fingerprint density at radius 3 is 2.80 bits per heavy atom. The van der Waals surface area contributed by atoms with Gasteiger partial charge in [-0.15, -0.1) is 0 Å². The van der Waals surface area contributed by atoms with Gasteiger partial charge in [-0.25, -0.2) is 4.79 Å². The summed E-state index contributed by atoms with van der Waals surface area (Å²) in [5.41, 5.74) is 1.96. The van der Waals surface area contributed by atoms with Gasteiger partial charge < -0.3 is 8.83 Å². The molecule has 78 valence electrons. The second kappa shape index (κ2) is 4.06. The van der Waals surface area contributed by atoms with Gasteiger partial charge in [-0.05, 0) is 13.0 Å². The highest BCUT2D eigenvalue weighted by molar-refractivity contribution is 9.08. The SMILES string of the molecule is Cc1cccc(-c2oc(=O)oc2CBr)c1. The van der Waals surface area contributed by atoms with Crippen LogP contribution in [0.2, 0.25) is 0 Å². The zero-order valence-electron chi connectivity index (χ0n) is 8.12. The van der Waals surface area contributed by atoms with E-state index in [1.165, 1.54) is 0 Å². The summed E-state index contributed by atoms with van der Waals surface area (Å²) in [7, 11) is 0. The molecule has 0 bridgehead atoms. The zero-order valence-corrected chi connectivity index (χ0v) is 9.71. The van der Waals surface area contributed by atoms with Gasteiger partial charge in [0.2, 0.25) is 0 Å². The van der Waals surface area contributed by atoms with Gasteiger partial charge in [0.05, 0.1) is 5.33 Å². The minimum atomic E-state index is -0.666. The van der Waals surface area contributed by atoms with Crippen molar-refractivity contribution in [2.45, 2.75) is 12.3 Å². The Labute approximate surface area is 94.8 Å². The Morgan fingerprint density at radius 2 is 2.13 bits per heavy atom.